The minimum absolute atomic E-state index is 0.122. The van der Waals surface area contributed by atoms with Crippen molar-refractivity contribution in [3.63, 3.8) is 0 Å². The molecule has 45 heavy (non-hydrogen) atoms. The number of amides is 3. The lowest BCUT2D eigenvalue weighted by Gasteiger charge is -2.40. The fraction of sp³-hybridized carbons (Fsp3) is 0.656. The second-order valence-electron chi connectivity index (χ2n) is 12.4. The summed E-state index contributed by atoms with van der Waals surface area (Å²) in [5, 5.41) is 5.13. The van der Waals surface area contributed by atoms with Crippen molar-refractivity contribution in [1.82, 2.24) is 15.5 Å². The molecule has 2 aliphatic heterocycles. The summed E-state index contributed by atoms with van der Waals surface area (Å²) in [5.74, 6) is -2.26. The van der Waals surface area contributed by atoms with Crippen LogP contribution in [0.3, 0.4) is 0 Å². The molecule has 4 bridgehead atoms. The molecule has 2 heterocycles. The van der Waals surface area contributed by atoms with Crippen LogP contribution in [0.25, 0.3) is 0 Å². The van der Waals surface area contributed by atoms with E-state index in [2.05, 4.69) is 10.6 Å². The molecule has 1 saturated heterocycles. The molecule has 3 rings (SSSR count). The van der Waals surface area contributed by atoms with Crippen LogP contribution < -0.4 is 16.4 Å². The molecule has 13 nitrogen and oxygen atoms in total. The topological polar surface area (TPSA) is 176 Å². The van der Waals surface area contributed by atoms with Gasteiger partial charge in [-0.05, 0) is 57.4 Å². The second kappa shape index (κ2) is 15.2. The third-order valence-electron chi connectivity index (χ3n) is 9.23. The number of rotatable bonds is 4. The fourth-order valence-electron chi connectivity index (χ4n) is 6.35. The number of ether oxygens (including phenoxy) is 4. The highest BCUT2D eigenvalue weighted by Crippen LogP contribution is 2.33. The maximum Gasteiger partial charge on any atom is 0.410 e. The number of Topliss-reactive ketones (excluding diaryl/α,β-unsaturated/α-hetero) is 1. The molecular formula is C32H48N4O9. The van der Waals surface area contributed by atoms with Crippen LogP contribution in [-0.4, -0.2) is 99.4 Å². The van der Waals surface area contributed by atoms with Gasteiger partial charge in [-0.15, -0.1) is 0 Å². The van der Waals surface area contributed by atoms with Crippen molar-refractivity contribution in [2.75, 3.05) is 34.9 Å². The summed E-state index contributed by atoms with van der Waals surface area (Å²) in [4.78, 5) is 68.3. The Kier molecular flexibility index (Phi) is 12.1. The van der Waals surface area contributed by atoms with Crippen molar-refractivity contribution in [2.45, 2.75) is 89.8 Å². The number of alkyl carbamates (subject to hydrolysis) is 1. The van der Waals surface area contributed by atoms with E-state index in [0.29, 0.717) is 24.8 Å². The number of nitrogens with one attached hydrogen (secondary N) is 2. The first-order chi connectivity index (χ1) is 21.2. The lowest BCUT2D eigenvalue weighted by Crippen LogP contribution is -2.59. The minimum Gasteiger partial charge on any atom is -0.443 e. The number of carbonyl (C=O) groups excluding carboxylic acids is 5. The number of methoxy groups -OCH3 is 2. The highest BCUT2D eigenvalue weighted by molar-refractivity contribution is 6.23. The summed E-state index contributed by atoms with van der Waals surface area (Å²) in [6.07, 6.45) is 0.121. The SMILES string of the molecule is CNC(=O)O[C@H]1/C(C)=C/[C@H](C)[C@H]2OC(=O)N(C)C(C)(CCC[C@@H]1OC)C(=O)NC1=CC(=O)C(CN)=C(C[C@@H](C)C[C@@H]2OC)C1=O. The van der Waals surface area contributed by atoms with Gasteiger partial charge in [-0.3, -0.25) is 19.3 Å². The van der Waals surface area contributed by atoms with E-state index in [-0.39, 0.29) is 42.1 Å². The van der Waals surface area contributed by atoms with Gasteiger partial charge in [0.1, 0.15) is 11.6 Å². The number of hydrogen-bond donors (Lipinski definition) is 3. The van der Waals surface area contributed by atoms with E-state index in [1.165, 1.54) is 33.2 Å². The predicted octanol–water partition coefficient (Wildman–Crippen LogP) is 2.54. The molecular weight excluding hydrogens is 584 g/mol. The Labute approximate surface area is 264 Å². The molecule has 3 aliphatic rings. The molecule has 250 valence electrons. The highest BCUT2D eigenvalue weighted by Gasteiger charge is 2.45. The number of likely N-dealkylation sites (N-methyl/N-ethyl adjacent to an activating group) is 1. The molecule has 4 N–H and O–H groups in total. The number of nitrogens with zero attached hydrogens (tertiary/aromatic N) is 1. The summed E-state index contributed by atoms with van der Waals surface area (Å²) < 4.78 is 23.6. The van der Waals surface area contributed by atoms with Crippen molar-refractivity contribution in [3.8, 4) is 0 Å². The van der Waals surface area contributed by atoms with Gasteiger partial charge in [0.05, 0.1) is 17.9 Å². The molecule has 3 amide bonds. The summed E-state index contributed by atoms with van der Waals surface area (Å²) >= 11 is 0. The van der Waals surface area contributed by atoms with Gasteiger partial charge >= 0.3 is 12.2 Å². The van der Waals surface area contributed by atoms with Crippen molar-refractivity contribution in [2.24, 2.45) is 17.6 Å². The Morgan fingerprint density at radius 2 is 1.84 bits per heavy atom. The molecule has 7 atom stereocenters. The number of nitrogens with two attached hydrogens (primary N) is 1. The standard InChI is InChI=1S/C32H48N4O9/c1-17-12-20-21(16-33)23(37)15-22(26(20)38)35-29(39)32(4)11-9-10-24(42-7)27(44-30(40)34-5)18(2)14-19(3)28(25(13-17)43-8)45-31(41)36(32)6/h14-15,17,19,24-25,27-28H,9-13,16,33H2,1-8H3,(H,34,40)(H,35,39)/b18-14+/t17-,19+,24+,25+,27+,28-,32?/m1/s1. The largest absolute Gasteiger partial charge is 0.443 e. The number of allylic oxidation sites excluding steroid dienone is 2. The van der Waals surface area contributed by atoms with Crippen molar-refractivity contribution in [1.29, 1.82) is 0 Å². The number of hydrogen-bond acceptors (Lipinski definition) is 10. The zero-order valence-corrected chi connectivity index (χ0v) is 27.6. The van der Waals surface area contributed by atoms with Crippen LogP contribution in [0.15, 0.2) is 34.6 Å². The zero-order valence-electron chi connectivity index (χ0n) is 27.6. The van der Waals surface area contributed by atoms with E-state index in [0.717, 1.165) is 6.08 Å². The molecule has 0 aromatic carbocycles. The molecule has 0 aromatic rings. The van der Waals surface area contributed by atoms with Gasteiger partial charge < -0.3 is 35.3 Å². The lowest BCUT2D eigenvalue weighted by atomic mass is 9.83. The smallest absolute Gasteiger partial charge is 0.410 e. The van der Waals surface area contributed by atoms with E-state index < -0.39 is 65.5 Å². The summed E-state index contributed by atoms with van der Waals surface area (Å²) in [6, 6.07) is 0. The Hall–Kier alpha value is -3.55. The third-order valence-corrected chi connectivity index (χ3v) is 9.23. The van der Waals surface area contributed by atoms with Crippen LogP contribution >= 0.6 is 0 Å². The van der Waals surface area contributed by atoms with E-state index >= 15 is 0 Å². The first-order valence-corrected chi connectivity index (χ1v) is 15.3. The monoisotopic (exact) mass is 632 g/mol. The van der Waals surface area contributed by atoms with Crippen LogP contribution in [-0.2, 0) is 33.3 Å². The van der Waals surface area contributed by atoms with Gasteiger partial charge in [-0.25, -0.2) is 9.59 Å². The van der Waals surface area contributed by atoms with E-state index in [1.54, 1.807) is 6.92 Å². The van der Waals surface area contributed by atoms with Gasteiger partial charge in [-0.2, -0.15) is 0 Å². The van der Waals surface area contributed by atoms with E-state index in [1.807, 2.05) is 26.8 Å². The molecule has 0 spiro atoms. The average Bonchev–Trinajstić information content (AvgIpc) is 3.00. The van der Waals surface area contributed by atoms with Gasteiger partial charge in [0, 0.05) is 58.0 Å². The lowest BCUT2D eigenvalue weighted by molar-refractivity contribution is -0.133. The Morgan fingerprint density at radius 1 is 1.18 bits per heavy atom. The first-order valence-electron chi connectivity index (χ1n) is 15.3. The molecule has 1 aliphatic carbocycles. The van der Waals surface area contributed by atoms with E-state index in [4.69, 9.17) is 24.7 Å². The molecule has 1 fully saturated rings. The van der Waals surface area contributed by atoms with Gasteiger partial charge in [0.25, 0.3) is 0 Å². The van der Waals surface area contributed by atoms with E-state index in [9.17, 15) is 24.0 Å². The number of fused-ring (bicyclic) bond motifs is 6. The maximum absolute atomic E-state index is 14.0. The van der Waals surface area contributed by atoms with Crippen LogP contribution in [0.5, 0.6) is 0 Å². The minimum atomic E-state index is -1.53. The normalized spacial score (nSPS) is 33.5. The van der Waals surface area contributed by atoms with Crippen molar-refractivity contribution >= 4 is 29.7 Å². The summed E-state index contributed by atoms with van der Waals surface area (Å²) in [5.41, 5.74) is 5.36. The molecule has 0 radical (unpaired) electrons. The average molecular weight is 633 g/mol. The second-order valence-corrected chi connectivity index (χ2v) is 12.4. The van der Waals surface area contributed by atoms with Gasteiger partial charge in [0.2, 0.25) is 11.7 Å². The molecule has 13 heteroatoms. The molecule has 1 unspecified atom stereocenters. The summed E-state index contributed by atoms with van der Waals surface area (Å²) in [7, 11) is 5.96. The van der Waals surface area contributed by atoms with Crippen molar-refractivity contribution in [3.05, 3.63) is 34.6 Å². The Bertz CT molecular complexity index is 1270. The third kappa shape index (κ3) is 7.82. The van der Waals surface area contributed by atoms with Crippen LogP contribution in [0.1, 0.15) is 59.8 Å². The first kappa shape index (κ1) is 35.9. The van der Waals surface area contributed by atoms with Gasteiger partial charge in [-0.1, -0.05) is 19.9 Å². The van der Waals surface area contributed by atoms with Crippen LogP contribution in [0, 0.1) is 11.8 Å². The maximum atomic E-state index is 14.0. The van der Waals surface area contributed by atoms with Crippen molar-refractivity contribution < 1.29 is 42.9 Å². The highest BCUT2D eigenvalue weighted by atomic mass is 16.6. The Balaban J connectivity index is 2.24. The van der Waals surface area contributed by atoms with Gasteiger partial charge in [0.15, 0.2) is 11.9 Å². The molecule has 0 saturated carbocycles. The fourth-order valence-corrected chi connectivity index (χ4v) is 6.35. The van der Waals surface area contributed by atoms with Crippen LogP contribution in [0.4, 0.5) is 9.59 Å². The summed E-state index contributed by atoms with van der Waals surface area (Å²) in [6.45, 7) is 7.04. The Morgan fingerprint density at radius 3 is 2.44 bits per heavy atom. The zero-order chi connectivity index (χ0) is 33.6. The number of carbonyl (C=O) groups is 5. The quantitative estimate of drug-likeness (QED) is 0.308. The van der Waals surface area contributed by atoms with Crippen LogP contribution in [0.2, 0.25) is 0 Å². The molecule has 0 aromatic heterocycles. The predicted molar refractivity (Wildman–Crippen MR) is 165 cm³/mol. The number of ketones is 2.